The molecule has 1 aromatic heterocycles. The molecule has 138 valence electrons. The van der Waals surface area contributed by atoms with E-state index >= 15 is 0 Å². The zero-order chi connectivity index (χ0) is 18.6. The van der Waals surface area contributed by atoms with Crippen LogP contribution < -0.4 is 4.74 Å². The standard InChI is InChI=1S/C21H20ClN3O2/c22-17-4-6-19(7-5-17)27-20-8-11-24(12-9-20)21(26)16-2-1-3-18(14-16)25-13-10-23-15-25/h1-7,10,13-15,20H,8-9,11-12H2. The number of ether oxygens (including phenoxy) is 1. The second kappa shape index (κ2) is 7.84. The Morgan fingerprint density at radius 1 is 1.11 bits per heavy atom. The topological polar surface area (TPSA) is 47.4 Å². The zero-order valence-electron chi connectivity index (χ0n) is 14.8. The van der Waals surface area contributed by atoms with Crippen LogP contribution in [0.5, 0.6) is 5.75 Å². The molecule has 0 bridgehead atoms. The summed E-state index contributed by atoms with van der Waals surface area (Å²) in [6.07, 6.45) is 7.06. The maximum atomic E-state index is 12.9. The molecule has 27 heavy (non-hydrogen) atoms. The highest BCUT2D eigenvalue weighted by molar-refractivity contribution is 6.30. The van der Waals surface area contributed by atoms with Crippen molar-refractivity contribution in [2.75, 3.05) is 13.1 Å². The van der Waals surface area contributed by atoms with E-state index in [0.717, 1.165) is 24.3 Å². The summed E-state index contributed by atoms with van der Waals surface area (Å²) in [5, 5.41) is 0.695. The SMILES string of the molecule is O=C(c1cccc(-n2ccnc2)c1)N1CCC(Oc2ccc(Cl)cc2)CC1. The molecule has 2 aromatic carbocycles. The van der Waals surface area contributed by atoms with Gasteiger partial charge in [0.15, 0.2) is 0 Å². The third kappa shape index (κ3) is 4.14. The van der Waals surface area contributed by atoms with Gasteiger partial charge in [0.1, 0.15) is 11.9 Å². The van der Waals surface area contributed by atoms with E-state index in [1.165, 1.54) is 0 Å². The fourth-order valence-electron chi connectivity index (χ4n) is 3.28. The summed E-state index contributed by atoms with van der Waals surface area (Å²) in [7, 11) is 0. The van der Waals surface area contributed by atoms with Gasteiger partial charge in [0.25, 0.3) is 5.91 Å². The van der Waals surface area contributed by atoms with Gasteiger partial charge in [-0.3, -0.25) is 4.79 Å². The fraction of sp³-hybridized carbons (Fsp3) is 0.238. The molecule has 0 N–H and O–H groups in total. The molecule has 1 aliphatic rings. The van der Waals surface area contributed by atoms with E-state index in [4.69, 9.17) is 16.3 Å². The van der Waals surface area contributed by atoms with E-state index in [-0.39, 0.29) is 12.0 Å². The van der Waals surface area contributed by atoms with Crippen LogP contribution in [-0.2, 0) is 0 Å². The molecule has 1 amide bonds. The van der Waals surface area contributed by atoms with E-state index in [9.17, 15) is 4.79 Å². The van der Waals surface area contributed by atoms with E-state index in [0.29, 0.717) is 23.7 Å². The van der Waals surface area contributed by atoms with Crippen molar-refractivity contribution >= 4 is 17.5 Å². The third-order valence-electron chi connectivity index (χ3n) is 4.74. The second-order valence-electron chi connectivity index (χ2n) is 6.58. The van der Waals surface area contributed by atoms with Gasteiger partial charge in [0.05, 0.1) is 6.33 Å². The Kier molecular flexibility index (Phi) is 5.12. The number of piperidine rings is 1. The zero-order valence-corrected chi connectivity index (χ0v) is 15.5. The molecule has 0 atom stereocenters. The van der Waals surface area contributed by atoms with Crippen LogP contribution in [0.2, 0.25) is 5.02 Å². The Bertz CT molecular complexity index is 901. The van der Waals surface area contributed by atoms with Crippen molar-refractivity contribution in [1.29, 1.82) is 0 Å². The highest BCUT2D eigenvalue weighted by Crippen LogP contribution is 2.22. The molecule has 0 aliphatic carbocycles. The molecule has 1 fully saturated rings. The van der Waals surface area contributed by atoms with Gasteiger partial charge in [0.2, 0.25) is 0 Å². The van der Waals surface area contributed by atoms with E-state index < -0.39 is 0 Å². The van der Waals surface area contributed by atoms with E-state index in [2.05, 4.69) is 4.98 Å². The highest BCUT2D eigenvalue weighted by atomic mass is 35.5. The molecule has 4 rings (SSSR count). The molecule has 5 nitrogen and oxygen atoms in total. The lowest BCUT2D eigenvalue weighted by Gasteiger charge is -2.32. The van der Waals surface area contributed by atoms with Crippen molar-refractivity contribution in [1.82, 2.24) is 14.5 Å². The van der Waals surface area contributed by atoms with Crippen LogP contribution >= 0.6 is 11.6 Å². The molecule has 0 saturated carbocycles. The van der Waals surface area contributed by atoms with Gasteiger partial charge in [-0.05, 0) is 42.5 Å². The lowest BCUT2D eigenvalue weighted by Crippen LogP contribution is -2.41. The summed E-state index contributed by atoms with van der Waals surface area (Å²) in [6.45, 7) is 1.37. The van der Waals surface area contributed by atoms with Crippen LogP contribution in [0.3, 0.4) is 0 Å². The number of benzene rings is 2. The van der Waals surface area contributed by atoms with Crippen molar-refractivity contribution in [2.45, 2.75) is 18.9 Å². The van der Waals surface area contributed by atoms with Crippen LogP contribution in [0.15, 0.2) is 67.3 Å². The van der Waals surface area contributed by atoms with Gasteiger partial charge >= 0.3 is 0 Å². The maximum absolute atomic E-state index is 12.9. The smallest absolute Gasteiger partial charge is 0.253 e. The average molecular weight is 382 g/mol. The fourth-order valence-corrected chi connectivity index (χ4v) is 3.40. The lowest BCUT2D eigenvalue weighted by molar-refractivity contribution is 0.0595. The average Bonchev–Trinajstić information content (AvgIpc) is 3.25. The second-order valence-corrected chi connectivity index (χ2v) is 7.02. The minimum absolute atomic E-state index is 0.0573. The summed E-state index contributed by atoms with van der Waals surface area (Å²) in [5.41, 5.74) is 1.62. The molecule has 6 heteroatoms. The number of aromatic nitrogens is 2. The van der Waals surface area contributed by atoms with Crippen molar-refractivity contribution in [3.63, 3.8) is 0 Å². The predicted molar refractivity (Wildman–Crippen MR) is 105 cm³/mol. The number of likely N-dealkylation sites (tertiary alicyclic amines) is 1. The molecule has 0 spiro atoms. The number of nitrogens with zero attached hydrogens (tertiary/aromatic N) is 3. The molecule has 1 aliphatic heterocycles. The van der Waals surface area contributed by atoms with Crippen molar-refractivity contribution < 1.29 is 9.53 Å². The third-order valence-corrected chi connectivity index (χ3v) is 4.99. The van der Waals surface area contributed by atoms with Crippen molar-refractivity contribution in [3.8, 4) is 11.4 Å². The van der Waals surface area contributed by atoms with Crippen LogP contribution in [0, 0.1) is 0 Å². The minimum atomic E-state index is 0.0573. The van der Waals surface area contributed by atoms with Crippen LogP contribution in [0.1, 0.15) is 23.2 Å². The Balaban J connectivity index is 1.37. The summed E-state index contributed by atoms with van der Waals surface area (Å²) in [4.78, 5) is 18.8. The first-order valence-corrected chi connectivity index (χ1v) is 9.37. The van der Waals surface area contributed by atoms with Gasteiger partial charge < -0.3 is 14.2 Å². The van der Waals surface area contributed by atoms with Gasteiger partial charge in [-0.25, -0.2) is 4.98 Å². The van der Waals surface area contributed by atoms with Gasteiger partial charge in [-0.2, -0.15) is 0 Å². The van der Waals surface area contributed by atoms with E-state index in [1.807, 2.05) is 64.2 Å². The first-order valence-electron chi connectivity index (χ1n) is 8.99. The number of rotatable bonds is 4. The number of carbonyl (C=O) groups excluding carboxylic acids is 1. The number of amides is 1. The summed E-state index contributed by atoms with van der Waals surface area (Å²) < 4.78 is 7.90. The number of carbonyl (C=O) groups is 1. The number of imidazole rings is 1. The molecular weight excluding hydrogens is 362 g/mol. The maximum Gasteiger partial charge on any atom is 0.253 e. The Morgan fingerprint density at radius 3 is 2.59 bits per heavy atom. The monoisotopic (exact) mass is 381 g/mol. The largest absolute Gasteiger partial charge is 0.490 e. The first kappa shape index (κ1) is 17.6. The van der Waals surface area contributed by atoms with Crippen LogP contribution in [-0.4, -0.2) is 39.6 Å². The molecular formula is C21H20ClN3O2. The quantitative estimate of drug-likeness (QED) is 0.680. The highest BCUT2D eigenvalue weighted by Gasteiger charge is 2.25. The Labute approximate surface area is 163 Å². The molecule has 1 saturated heterocycles. The van der Waals surface area contributed by atoms with Gasteiger partial charge in [-0.15, -0.1) is 0 Å². The predicted octanol–water partition coefficient (Wildman–Crippen LogP) is 4.21. The van der Waals surface area contributed by atoms with Gasteiger partial charge in [0, 0.05) is 54.6 Å². The Morgan fingerprint density at radius 2 is 1.89 bits per heavy atom. The van der Waals surface area contributed by atoms with Gasteiger partial charge in [-0.1, -0.05) is 17.7 Å². The molecule has 0 unspecified atom stereocenters. The summed E-state index contributed by atoms with van der Waals surface area (Å²) in [5.74, 6) is 0.874. The summed E-state index contributed by atoms with van der Waals surface area (Å²) >= 11 is 5.91. The van der Waals surface area contributed by atoms with Crippen molar-refractivity contribution in [2.24, 2.45) is 0 Å². The van der Waals surface area contributed by atoms with Crippen molar-refractivity contribution in [3.05, 3.63) is 77.8 Å². The molecule has 2 heterocycles. The Hall–Kier alpha value is -2.79. The van der Waals surface area contributed by atoms with Crippen LogP contribution in [0.4, 0.5) is 0 Å². The number of hydrogen-bond acceptors (Lipinski definition) is 3. The van der Waals surface area contributed by atoms with E-state index in [1.54, 1.807) is 12.5 Å². The normalized spacial score (nSPS) is 14.9. The first-order chi connectivity index (χ1) is 13.2. The minimum Gasteiger partial charge on any atom is -0.490 e. The number of halogens is 1. The van der Waals surface area contributed by atoms with Crippen LogP contribution in [0.25, 0.3) is 5.69 Å². The lowest BCUT2D eigenvalue weighted by atomic mass is 10.1. The summed E-state index contributed by atoms with van der Waals surface area (Å²) in [6, 6.07) is 15.0. The molecule has 0 radical (unpaired) electrons. The number of hydrogen-bond donors (Lipinski definition) is 0. The molecule has 3 aromatic rings.